The Hall–Kier alpha value is -2.87. The number of anilines is 1. The number of hydrazine groups is 2. The molecule has 0 radical (unpaired) electrons. The van der Waals surface area contributed by atoms with Gasteiger partial charge in [0.15, 0.2) is 6.23 Å². The largest absolute Gasteiger partial charge is 0.354 e. The maximum Gasteiger partial charge on any atom is 0.340 e. The Labute approximate surface area is 186 Å². The predicted molar refractivity (Wildman–Crippen MR) is 121 cm³/mol. The molecule has 1 saturated heterocycles. The molecule has 2 amide bonds. The minimum absolute atomic E-state index is 0.0714. The Morgan fingerprint density at radius 2 is 1.90 bits per heavy atom. The first kappa shape index (κ1) is 20.1. The summed E-state index contributed by atoms with van der Waals surface area (Å²) >= 11 is 6.37. The molecule has 3 aliphatic rings. The maximum absolute atomic E-state index is 13.1. The highest BCUT2D eigenvalue weighted by molar-refractivity contribution is 6.31. The van der Waals surface area contributed by atoms with Crippen molar-refractivity contribution < 1.29 is 9.53 Å². The molecule has 0 aliphatic carbocycles. The Bertz CT molecular complexity index is 1050. The fourth-order valence-corrected chi connectivity index (χ4v) is 4.40. The molecule has 1 N–H and O–H groups in total. The molecule has 31 heavy (non-hydrogen) atoms. The Kier molecular flexibility index (Phi) is 5.40. The van der Waals surface area contributed by atoms with E-state index >= 15 is 0 Å². The van der Waals surface area contributed by atoms with Gasteiger partial charge in [0.1, 0.15) is 5.70 Å². The van der Waals surface area contributed by atoms with E-state index in [-0.39, 0.29) is 6.03 Å². The molecule has 5 rings (SSSR count). The molecule has 0 spiro atoms. The van der Waals surface area contributed by atoms with Crippen LogP contribution in [0.3, 0.4) is 0 Å². The van der Waals surface area contributed by atoms with E-state index in [4.69, 9.17) is 21.3 Å². The zero-order chi connectivity index (χ0) is 21.4. The lowest BCUT2D eigenvalue weighted by molar-refractivity contribution is 0.137. The zero-order valence-corrected chi connectivity index (χ0v) is 18.0. The number of methoxy groups -OCH3 is 1. The summed E-state index contributed by atoms with van der Waals surface area (Å²) in [7, 11) is 1.62. The maximum atomic E-state index is 13.1. The van der Waals surface area contributed by atoms with Gasteiger partial charge >= 0.3 is 6.03 Å². The summed E-state index contributed by atoms with van der Waals surface area (Å²) in [6.07, 6.45) is 4.43. The Balaban J connectivity index is 1.58. The van der Waals surface area contributed by atoms with Crippen molar-refractivity contribution in [3.05, 3.63) is 76.6 Å². The van der Waals surface area contributed by atoms with Crippen LogP contribution in [0.2, 0.25) is 5.02 Å². The number of nitrogens with one attached hydrogen (secondary N) is 1. The summed E-state index contributed by atoms with van der Waals surface area (Å²) in [6, 6.07) is 15.6. The molecule has 3 heterocycles. The monoisotopic (exact) mass is 437 g/mol. The third kappa shape index (κ3) is 3.69. The number of benzene rings is 2. The molecule has 0 saturated carbocycles. The lowest BCUT2D eigenvalue weighted by Crippen LogP contribution is -2.50. The molecule has 7 nitrogen and oxygen atoms in total. The van der Waals surface area contributed by atoms with Crippen molar-refractivity contribution in [2.75, 3.05) is 25.2 Å². The van der Waals surface area contributed by atoms with Crippen molar-refractivity contribution in [3.63, 3.8) is 0 Å². The average molecular weight is 438 g/mol. The van der Waals surface area contributed by atoms with Crippen LogP contribution in [0.5, 0.6) is 0 Å². The van der Waals surface area contributed by atoms with Crippen LogP contribution < -0.4 is 10.5 Å². The number of aliphatic imine (C=N–C) groups is 1. The third-order valence-electron chi connectivity index (χ3n) is 5.78. The lowest BCUT2D eigenvalue weighted by atomic mass is 10.0. The summed E-state index contributed by atoms with van der Waals surface area (Å²) < 4.78 is 5.75. The number of urea groups is 1. The number of hydrogen-bond acceptors (Lipinski definition) is 5. The molecule has 1 fully saturated rings. The lowest BCUT2D eigenvalue weighted by Gasteiger charge is -2.31. The number of ether oxygens (including phenoxy) is 1. The molecule has 8 heteroatoms. The van der Waals surface area contributed by atoms with Crippen LogP contribution in [-0.2, 0) is 4.74 Å². The van der Waals surface area contributed by atoms with Crippen molar-refractivity contribution >= 4 is 29.0 Å². The van der Waals surface area contributed by atoms with E-state index in [1.807, 2.05) is 58.4 Å². The number of amides is 2. The molecule has 1 atom stereocenters. The van der Waals surface area contributed by atoms with Gasteiger partial charge in [-0.05, 0) is 37.5 Å². The number of piperidine rings is 1. The number of carbonyl (C=O) groups excluding carboxylic acids is 1. The normalized spacial score (nSPS) is 20.6. The summed E-state index contributed by atoms with van der Waals surface area (Å²) in [4.78, 5) is 19.9. The standard InChI is InChI=1S/C23H24ClN5O2/c1-31-22-20-15-28(23(30)27-12-6-3-7-13-27)26-29(20)19-11-10-17(24)14-18(19)21(25-22)16-8-4-2-5-9-16/h2,4-5,8-11,14-15,22,26H,3,6-7,12-13H2,1H3. The van der Waals surface area contributed by atoms with E-state index in [0.29, 0.717) is 5.02 Å². The molecule has 2 aromatic rings. The molecular formula is C23H24ClN5O2. The molecule has 0 bridgehead atoms. The van der Waals surface area contributed by atoms with Crippen LogP contribution in [0.1, 0.15) is 30.4 Å². The van der Waals surface area contributed by atoms with Gasteiger partial charge in [-0.25, -0.2) is 14.8 Å². The van der Waals surface area contributed by atoms with Gasteiger partial charge in [-0.15, -0.1) is 5.53 Å². The fraction of sp³-hybridized carbons (Fsp3) is 0.304. The van der Waals surface area contributed by atoms with E-state index in [0.717, 1.165) is 54.2 Å². The van der Waals surface area contributed by atoms with Gasteiger partial charge in [-0.3, -0.25) is 5.01 Å². The topological polar surface area (TPSA) is 60.4 Å². The highest BCUT2D eigenvalue weighted by Gasteiger charge is 2.37. The molecule has 160 valence electrons. The second-order valence-electron chi connectivity index (χ2n) is 7.78. The number of rotatable bonds is 2. The van der Waals surface area contributed by atoms with Gasteiger partial charge in [0.2, 0.25) is 0 Å². The number of nitrogens with zero attached hydrogens (tertiary/aromatic N) is 4. The van der Waals surface area contributed by atoms with E-state index in [1.165, 1.54) is 11.4 Å². The SMILES string of the molecule is COC1N=C(c2ccccc2)c2cc(Cl)ccc2N2NN(C(=O)N3CCCCC3)C=C12. The molecule has 0 aromatic heterocycles. The summed E-state index contributed by atoms with van der Waals surface area (Å²) in [5, 5.41) is 4.00. The minimum Gasteiger partial charge on any atom is -0.354 e. The van der Waals surface area contributed by atoms with E-state index in [2.05, 4.69) is 5.53 Å². The Morgan fingerprint density at radius 1 is 1.13 bits per heavy atom. The van der Waals surface area contributed by atoms with Crippen LogP contribution in [0.25, 0.3) is 0 Å². The van der Waals surface area contributed by atoms with Crippen molar-refractivity contribution in [1.82, 2.24) is 15.4 Å². The van der Waals surface area contributed by atoms with Gasteiger partial charge in [0.25, 0.3) is 0 Å². The van der Waals surface area contributed by atoms with Gasteiger partial charge in [-0.1, -0.05) is 41.9 Å². The fourth-order valence-electron chi connectivity index (χ4n) is 4.23. The Morgan fingerprint density at radius 3 is 2.65 bits per heavy atom. The second kappa shape index (κ2) is 8.34. The van der Waals surface area contributed by atoms with Crippen molar-refractivity contribution in [1.29, 1.82) is 0 Å². The first-order valence-corrected chi connectivity index (χ1v) is 10.9. The van der Waals surface area contributed by atoms with Gasteiger partial charge in [0.05, 0.1) is 17.6 Å². The van der Waals surface area contributed by atoms with Crippen LogP contribution in [0, 0.1) is 0 Å². The van der Waals surface area contributed by atoms with Gasteiger partial charge < -0.3 is 9.64 Å². The van der Waals surface area contributed by atoms with Crippen molar-refractivity contribution in [2.45, 2.75) is 25.5 Å². The van der Waals surface area contributed by atoms with Crippen molar-refractivity contribution in [2.24, 2.45) is 4.99 Å². The third-order valence-corrected chi connectivity index (χ3v) is 6.02. The van der Waals surface area contributed by atoms with Crippen LogP contribution in [-0.4, -0.2) is 48.1 Å². The quantitative estimate of drug-likeness (QED) is 0.766. The second-order valence-corrected chi connectivity index (χ2v) is 8.22. The predicted octanol–water partition coefficient (Wildman–Crippen LogP) is 4.15. The minimum atomic E-state index is -0.590. The van der Waals surface area contributed by atoms with Crippen LogP contribution in [0.4, 0.5) is 10.5 Å². The smallest absolute Gasteiger partial charge is 0.340 e. The van der Waals surface area contributed by atoms with E-state index in [9.17, 15) is 4.79 Å². The first-order valence-electron chi connectivity index (χ1n) is 10.5. The van der Waals surface area contributed by atoms with Crippen LogP contribution in [0.15, 0.2) is 65.4 Å². The highest BCUT2D eigenvalue weighted by Crippen LogP contribution is 2.35. The van der Waals surface area contributed by atoms with E-state index in [1.54, 1.807) is 13.3 Å². The summed E-state index contributed by atoms with van der Waals surface area (Å²) in [5.41, 5.74) is 7.44. The van der Waals surface area contributed by atoms with E-state index < -0.39 is 6.23 Å². The number of fused-ring (bicyclic) bond motifs is 3. The molecule has 3 aliphatic heterocycles. The summed E-state index contributed by atoms with van der Waals surface area (Å²) in [6.45, 7) is 1.55. The highest BCUT2D eigenvalue weighted by atomic mass is 35.5. The first-order chi connectivity index (χ1) is 15.2. The van der Waals surface area contributed by atoms with Crippen LogP contribution >= 0.6 is 11.6 Å². The molecule has 1 unspecified atom stereocenters. The van der Waals surface area contributed by atoms with Gasteiger partial charge in [0, 0.05) is 36.3 Å². The number of carbonyl (C=O) groups is 1. The number of halogens is 1. The number of hydrogen-bond donors (Lipinski definition) is 1. The summed E-state index contributed by atoms with van der Waals surface area (Å²) in [5.74, 6) is 0. The average Bonchev–Trinajstić information content (AvgIpc) is 3.20. The van der Waals surface area contributed by atoms with Crippen molar-refractivity contribution in [3.8, 4) is 0 Å². The van der Waals surface area contributed by atoms with Gasteiger partial charge in [-0.2, -0.15) is 0 Å². The number of likely N-dealkylation sites (tertiary alicyclic amines) is 1. The molecule has 2 aromatic carbocycles. The zero-order valence-electron chi connectivity index (χ0n) is 17.3. The molecular weight excluding hydrogens is 414 g/mol.